The third-order valence-corrected chi connectivity index (χ3v) is 4.33. The molecule has 0 fully saturated rings. The second-order valence-corrected chi connectivity index (χ2v) is 8.05. The fraction of sp³-hybridized carbons (Fsp3) is 1.00. The van der Waals surface area contributed by atoms with Crippen molar-refractivity contribution >= 4 is 45.2 Å². The van der Waals surface area contributed by atoms with E-state index in [-0.39, 0.29) is 0 Å². The van der Waals surface area contributed by atoms with Crippen molar-refractivity contribution in [2.75, 3.05) is 13.2 Å². The lowest BCUT2D eigenvalue weighted by Gasteiger charge is -2.37. The summed E-state index contributed by atoms with van der Waals surface area (Å²) in [4.78, 5) is 0. The number of rotatable bonds is 9. The van der Waals surface area contributed by atoms with Crippen molar-refractivity contribution in [3.05, 3.63) is 0 Å². The molecule has 0 aliphatic rings. The molecule has 2 nitrogen and oxygen atoms in total. The lowest BCUT2D eigenvalue weighted by Crippen LogP contribution is -2.63. The predicted octanol–water partition coefficient (Wildman–Crippen LogP) is 3.90. The van der Waals surface area contributed by atoms with Crippen LogP contribution >= 0.6 is 45.2 Å². The Labute approximate surface area is 147 Å². The Bertz CT molecular complexity index is 333. The largest absolute Gasteiger partial charge is 0.395 e. The van der Waals surface area contributed by atoms with E-state index in [2.05, 4.69) is 0 Å². The van der Waals surface area contributed by atoms with Gasteiger partial charge in [-0.1, -0.05) is 45.2 Å². The van der Waals surface area contributed by atoms with Gasteiger partial charge in [-0.05, 0) is 0 Å². The quantitative estimate of drug-likeness (QED) is 0.251. The highest BCUT2D eigenvalue weighted by molar-refractivity contribution is 14.1. The number of halogens is 10. The molecule has 0 aromatic heterocycles. The molecule has 0 saturated carbocycles. The molecule has 2 N–H and O–H groups in total. The van der Waals surface area contributed by atoms with Gasteiger partial charge in [0.2, 0.25) is 0 Å². The number of aliphatic hydroxyl groups is 2. The van der Waals surface area contributed by atoms with Crippen LogP contribution < -0.4 is 0 Å². The van der Waals surface area contributed by atoms with Gasteiger partial charge in [0.25, 0.3) is 0 Å². The van der Waals surface area contributed by atoms with E-state index in [1.807, 2.05) is 0 Å². The summed E-state index contributed by atoms with van der Waals surface area (Å²) in [6, 6.07) is 0. The lowest BCUT2D eigenvalue weighted by molar-refractivity contribution is -0.367. The van der Waals surface area contributed by atoms with E-state index in [0.29, 0.717) is 0 Å². The van der Waals surface area contributed by atoms with Crippen molar-refractivity contribution in [3.63, 3.8) is 0 Å². The van der Waals surface area contributed by atoms with Gasteiger partial charge < -0.3 is 10.2 Å². The molecule has 2 atom stereocenters. The van der Waals surface area contributed by atoms with Gasteiger partial charge in [-0.25, -0.2) is 0 Å². The van der Waals surface area contributed by atoms with Crippen molar-refractivity contribution < 1.29 is 45.3 Å². The zero-order chi connectivity index (χ0) is 18.0. The normalized spacial score (nSPS) is 17.5. The lowest BCUT2D eigenvalue weighted by atomic mass is 9.93. The third kappa shape index (κ3) is 4.68. The summed E-state index contributed by atoms with van der Waals surface area (Å²) in [6.07, 6.45) is -3.78. The Morgan fingerprint density at radius 1 is 0.636 bits per heavy atom. The van der Waals surface area contributed by atoms with Crippen LogP contribution in [0.4, 0.5) is 35.1 Å². The maximum absolute atomic E-state index is 13.4. The van der Waals surface area contributed by atoms with Crippen LogP contribution in [0.2, 0.25) is 0 Å². The van der Waals surface area contributed by atoms with Crippen LogP contribution in [0.5, 0.6) is 0 Å². The molecule has 0 spiro atoms. The van der Waals surface area contributed by atoms with Crippen molar-refractivity contribution in [1.29, 1.82) is 0 Å². The molecule has 0 aromatic rings. The summed E-state index contributed by atoms with van der Waals surface area (Å²) < 4.78 is 104. The molecule has 0 radical (unpaired) electrons. The molecule has 0 rings (SSSR count). The monoisotopic (exact) mass is 570 g/mol. The molecule has 0 unspecified atom stereocenters. The molecule has 0 amide bonds. The zero-order valence-corrected chi connectivity index (χ0v) is 15.0. The van der Waals surface area contributed by atoms with Crippen molar-refractivity contribution in [2.45, 2.75) is 44.4 Å². The number of alkyl halides is 10. The van der Waals surface area contributed by atoms with Crippen LogP contribution in [-0.2, 0) is 0 Å². The molecule has 22 heavy (non-hydrogen) atoms. The Balaban J connectivity index is 5.54. The molecule has 134 valence electrons. The molecule has 12 heteroatoms. The minimum atomic E-state index is -6.33. The Morgan fingerprint density at radius 2 is 0.864 bits per heavy atom. The first kappa shape index (κ1) is 22.8. The van der Waals surface area contributed by atoms with Crippen LogP contribution in [0.25, 0.3) is 0 Å². The molecule has 0 saturated heterocycles. The second kappa shape index (κ2) is 7.80. The fourth-order valence-electron chi connectivity index (χ4n) is 1.40. The first-order chi connectivity index (χ1) is 9.66. The van der Waals surface area contributed by atoms with Crippen molar-refractivity contribution in [3.8, 4) is 0 Å². The predicted molar refractivity (Wildman–Crippen MR) is 78.8 cm³/mol. The number of hydrogen-bond donors (Lipinski definition) is 2. The second-order valence-electron chi connectivity index (χ2n) is 4.53. The van der Waals surface area contributed by atoms with Crippen LogP contribution in [-0.4, -0.2) is 55.0 Å². The molecule has 0 bridgehead atoms. The third-order valence-electron chi connectivity index (χ3n) is 2.66. The van der Waals surface area contributed by atoms with Gasteiger partial charge in [-0.2, -0.15) is 35.1 Å². The van der Waals surface area contributed by atoms with E-state index >= 15 is 0 Å². The first-order valence-corrected chi connectivity index (χ1v) is 8.16. The van der Waals surface area contributed by atoms with E-state index in [1.54, 1.807) is 0 Å². The Morgan fingerprint density at radius 3 is 1.05 bits per heavy atom. The van der Waals surface area contributed by atoms with Gasteiger partial charge in [0, 0.05) is 20.7 Å². The smallest absolute Gasteiger partial charge is 0.378 e. The van der Waals surface area contributed by atoms with Gasteiger partial charge in [0.15, 0.2) is 0 Å². The summed E-state index contributed by atoms with van der Waals surface area (Å²) in [5.74, 6) is -23.6. The van der Waals surface area contributed by atoms with Crippen LogP contribution in [0.15, 0.2) is 0 Å². The highest BCUT2D eigenvalue weighted by Crippen LogP contribution is 2.55. The number of hydrogen-bond acceptors (Lipinski definition) is 2. The summed E-state index contributed by atoms with van der Waals surface area (Å²) in [6.45, 7) is -2.01. The van der Waals surface area contributed by atoms with Crippen LogP contribution in [0.3, 0.4) is 0 Å². The summed E-state index contributed by atoms with van der Waals surface area (Å²) in [5, 5.41) is 17.1. The highest BCUT2D eigenvalue weighted by atomic mass is 127. The molecule has 0 aliphatic heterocycles. The van der Waals surface area contributed by atoms with Crippen molar-refractivity contribution in [1.82, 2.24) is 0 Å². The van der Waals surface area contributed by atoms with E-state index in [0.717, 1.165) is 45.2 Å². The summed E-state index contributed by atoms with van der Waals surface area (Å²) >= 11 is 2.23. The molecular weight excluding hydrogens is 558 g/mol. The van der Waals surface area contributed by atoms with E-state index in [4.69, 9.17) is 10.2 Å². The van der Waals surface area contributed by atoms with Gasteiger partial charge in [-0.3, -0.25) is 0 Å². The Hall–Kier alpha value is 0.820. The van der Waals surface area contributed by atoms with Gasteiger partial charge in [0.05, 0.1) is 13.2 Å². The zero-order valence-electron chi connectivity index (χ0n) is 10.7. The maximum Gasteiger partial charge on any atom is 0.378 e. The van der Waals surface area contributed by atoms with Crippen molar-refractivity contribution in [2.24, 2.45) is 0 Å². The topological polar surface area (TPSA) is 40.5 Å². The van der Waals surface area contributed by atoms with Crippen LogP contribution in [0.1, 0.15) is 12.8 Å². The fourth-order valence-corrected chi connectivity index (χ4v) is 2.51. The maximum atomic E-state index is 13.4. The van der Waals surface area contributed by atoms with E-state index in [1.165, 1.54) is 0 Å². The SMILES string of the molecule is OC[C@H](I)CC(F)(F)C(F)(F)C(F)(F)C(F)(F)C[C@@H](I)CO. The van der Waals surface area contributed by atoms with Gasteiger partial charge in [-0.15, -0.1) is 0 Å². The van der Waals surface area contributed by atoms with Gasteiger partial charge >= 0.3 is 23.7 Å². The highest BCUT2D eigenvalue weighted by Gasteiger charge is 2.80. The molecule has 0 heterocycles. The average molecular weight is 570 g/mol. The minimum absolute atomic E-state index is 1.01. The van der Waals surface area contributed by atoms with E-state index in [9.17, 15) is 35.1 Å². The van der Waals surface area contributed by atoms with Gasteiger partial charge in [0.1, 0.15) is 0 Å². The average Bonchev–Trinajstić information content (AvgIpc) is 2.36. The first-order valence-electron chi connectivity index (χ1n) is 5.67. The number of aliphatic hydroxyl groups excluding tert-OH is 2. The summed E-state index contributed by atoms with van der Waals surface area (Å²) in [5.41, 5.74) is 0. The molecular formula is C10H12F8I2O2. The standard InChI is InChI=1S/C10H12F8I2O2/c11-7(12,1-5(19)3-21)9(15,16)10(17,18)8(13,14)2-6(20)4-22/h5-6,21-22H,1-4H2/t5-,6-/m1/s1. The minimum Gasteiger partial charge on any atom is -0.395 e. The van der Waals surface area contributed by atoms with Crippen LogP contribution in [0, 0.1) is 0 Å². The van der Waals surface area contributed by atoms with E-state index < -0.39 is 57.6 Å². The molecule has 0 aliphatic carbocycles. The molecule has 0 aromatic carbocycles. The Kier molecular flexibility index (Phi) is 8.09. The summed E-state index contributed by atoms with van der Waals surface area (Å²) in [7, 11) is 0.